The monoisotopic (exact) mass is 448 g/mol. The molecule has 0 amide bonds. The number of aliphatic hydroxyl groups excluding tert-OH is 1. The van der Waals surface area contributed by atoms with Crippen molar-refractivity contribution in [2.24, 2.45) is 0 Å². The summed E-state index contributed by atoms with van der Waals surface area (Å²) in [6.07, 6.45) is 2.67. The largest absolute Gasteiger partial charge is 0.387 e. The van der Waals surface area contributed by atoms with Gasteiger partial charge in [-0.3, -0.25) is 4.40 Å². The maximum atomic E-state index is 14.3. The van der Waals surface area contributed by atoms with E-state index in [9.17, 15) is 9.50 Å². The second-order valence-corrected chi connectivity index (χ2v) is 9.13. The second kappa shape index (κ2) is 9.25. The first kappa shape index (κ1) is 22.8. The van der Waals surface area contributed by atoms with Crippen LogP contribution in [0.25, 0.3) is 17.0 Å². The number of aliphatic hydroxyl groups is 1. The Labute approximate surface area is 192 Å². The van der Waals surface area contributed by atoms with Crippen molar-refractivity contribution in [3.63, 3.8) is 0 Å². The summed E-state index contributed by atoms with van der Waals surface area (Å²) in [5.74, 6) is 0.0336. The molecule has 0 fully saturated rings. The topological polar surface area (TPSA) is 87.4 Å². The SMILES string of the molecule is C[C@H](Nc1nccc(-c2cnc3cccc(F)n23)n1)c1ccc([C@H](O)CNC(C)(C)C)cc1. The van der Waals surface area contributed by atoms with Crippen LogP contribution in [0.2, 0.25) is 0 Å². The van der Waals surface area contributed by atoms with Gasteiger partial charge in [-0.15, -0.1) is 0 Å². The van der Waals surface area contributed by atoms with Crippen LogP contribution < -0.4 is 10.6 Å². The number of fused-ring (bicyclic) bond motifs is 1. The van der Waals surface area contributed by atoms with E-state index in [2.05, 4.69) is 46.4 Å². The summed E-state index contributed by atoms with van der Waals surface area (Å²) in [6.45, 7) is 8.70. The molecule has 1 aromatic carbocycles. The molecule has 0 unspecified atom stereocenters. The highest BCUT2D eigenvalue weighted by Crippen LogP contribution is 2.24. The highest BCUT2D eigenvalue weighted by atomic mass is 19.1. The second-order valence-electron chi connectivity index (χ2n) is 9.13. The average molecular weight is 449 g/mol. The van der Waals surface area contributed by atoms with Crippen LogP contribution in [0, 0.1) is 5.95 Å². The van der Waals surface area contributed by atoms with Crippen LogP contribution in [0.3, 0.4) is 0 Å². The minimum absolute atomic E-state index is 0.0527. The van der Waals surface area contributed by atoms with E-state index in [4.69, 9.17) is 0 Å². The Morgan fingerprint density at radius 2 is 1.76 bits per heavy atom. The maximum absolute atomic E-state index is 14.3. The van der Waals surface area contributed by atoms with E-state index in [-0.39, 0.29) is 11.6 Å². The maximum Gasteiger partial charge on any atom is 0.223 e. The molecular formula is C25H29FN6O. The van der Waals surface area contributed by atoms with E-state index < -0.39 is 12.1 Å². The molecular weight excluding hydrogens is 419 g/mol. The van der Waals surface area contributed by atoms with Gasteiger partial charge in [-0.25, -0.2) is 15.0 Å². The average Bonchev–Trinajstić information content (AvgIpc) is 3.23. The number of benzene rings is 1. The van der Waals surface area contributed by atoms with Crippen LogP contribution in [0.5, 0.6) is 0 Å². The van der Waals surface area contributed by atoms with Crippen molar-refractivity contribution in [1.82, 2.24) is 24.7 Å². The van der Waals surface area contributed by atoms with Gasteiger partial charge in [0.15, 0.2) is 5.95 Å². The number of anilines is 1. The Bertz CT molecular complexity index is 1230. The zero-order valence-electron chi connectivity index (χ0n) is 19.2. The summed E-state index contributed by atoms with van der Waals surface area (Å²) >= 11 is 0. The van der Waals surface area contributed by atoms with Gasteiger partial charge < -0.3 is 15.7 Å². The van der Waals surface area contributed by atoms with Crippen LogP contribution in [0.15, 0.2) is 60.9 Å². The predicted molar refractivity (Wildman–Crippen MR) is 127 cm³/mol. The fraction of sp³-hybridized carbons (Fsp3) is 0.320. The summed E-state index contributed by atoms with van der Waals surface area (Å²) in [5, 5.41) is 17.0. The number of hydrogen-bond donors (Lipinski definition) is 3. The molecule has 4 rings (SSSR count). The van der Waals surface area contributed by atoms with Crippen molar-refractivity contribution in [3.8, 4) is 11.4 Å². The summed E-state index contributed by atoms with van der Waals surface area (Å²) in [6, 6.07) is 14.2. The van der Waals surface area contributed by atoms with E-state index in [0.29, 0.717) is 29.5 Å². The van der Waals surface area contributed by atoms with E-state index in [1.165, 1.54) is 10.5 Å². The summed E-state index contributed by atoms with van der Waals surface area (Å²) in [4.78, 5) is 13.1. The number of pyridine rings is 1. The standard InChI is InChI=1S/C25H29FN6O/c1-16(17-8-10-18(11-9-17)21(33)15-29-25(2,3)4)30-24-27-13-12-19(31-24)20-14-28-23-7-5-6-22(26)32(20)23/h5-14,16,21,29,33H,15H2,1-4H3,(H,27,30,31)/t16-,21+/m0/s1. The van der Waals surface area contributed by atoms with Gasteiger partial charge in [-0.2, -0.15) is 4.39 Å². The molecule has 0 saturated heterocycles. The molecule has 172 valence electrons. The summed E-state index contributed by atoms with van der Waals surface area (Å²) < 4.78 is 15.8. The quantitative estimate of drug-likeness (QED) is 0.360. The number of β-amino-alcohol motifs (C(OH)–C–C–N with tert-alkyl or cyclic N) is 1. The van der Waals surface area contributed by atoms with E-state index in [1.807, 2.05) is 31.2 Å². The Kier molecular flexibility index (Phi) is 6.40. The van der Waals surface area contributed by atoms with Crippen LogP contribution >= 0.6 is 0 Å². The Balaban J connectivity index is 1.47. The molecule has 3 heterocycles. The molecule has 0 saturated carbocycles. The minimum atomic E-state index is -0.576. The molecule has 3 aromatic heterocycles. The summed E-state index contributed by atoms with van der Waals surface area (Å²) in [7, 11) is 0. The molecule has 0 spiro atoms. The minimum Gasteiger partial charge on any atom is -0.387 e. The van der Waals surface area contributed by atoms with E-state index >= 15 is 0 Å². The first-order valence-electron chi connectivity index (χ1n) is 11.0. The van der Waals surface area contributed by atoms with E-state index in [0.717, 1.165) is 11.1 Å². The molecule has 0 aliphatic rings. The summed E-state index contributed by atoms with van der Waals surface area (Å²) in [5.41, 5.74) is 3.49. The lowest BCUT2D eigenvalue weighted by Gasteiger charge is -2.23. The molecule has 0 aliphatic carbocycles. The lowest BCUT2D eigenvalue weighted by molar-refractivity contribution is 0.163. The van der Waals surface area contributed by atoms with Gasteiger partial charge in [-0.1, -0.05) is 30.3 Å². The number of halogens is 1. The van der Waals surface area contributed by atoms with Crippen LogP contribution in [0.1, 0.15) is 51.0 Å². The number of nitrogens with one attached hydrogen (secondary N) is 2. The van der Waals surface area contributed by atoms with Crippen LogP contribution in [-0.2, 0) is 0 Å². The zero-order valence-corrected chi connectivity index (χ0v) is 19.2. The Morgan fingerprint density at radius 3 is 2.48 bits per heavy atom. The lowest BCUT2D eigenvalue weighted by Crippen LogP contribution is -2.38. The fourth-order valence-corrected chi connectivity index (χ4v) is 3.55. The zero-order chi connectivity index (χ0) is 23.6. The first-order chi connectivity index (χ1) is 15.7. The van der Waals surface area contributed by atoms with Gasteiger partial charge in [0.25, 0.3) is 0 Å². The highest BCUT2D eigenvalue weighted by molar-refractivity contribution is 5.61. The van der Waals surface area contributed by atoms with Gasteiger partial charge >= 0.3 is 0 Å². The van der Waals surface area contributed by atoms with Crippen molar-refractivity contribution >= 4 is 11.6 Å². The van der Waals surface area contributed by atoms with Gasteiger partial charge in [0.05, 0.1) is 29.7 Å². The molecule has 3 N–H and O–H groups in total. The van der Waals surface area contributed by atoms with Gasteiger partial charge in [0.1, 0.15) is 5.65 Å². The third kappa shape index (κ3) is 5.35. The van der Waals surface area contributed by atoms with Crippen molar-refractivity contribution in [3.05, 3.63) is 78.0 Å². The number of rotatable bonds is 7. The van der Waals surface area contributed by atoms with Crippen LogP contribution in [0.4, 0.5) is 10.3 Å². The van der Waals surface area contributed by atoms with Crippen molar-refractivity contribution in [2.45, 2.75) is 45.4 Å². The van der Waals surface area contributed by atoms with Crippen LogP contribution in [-0.4, -0.2) is 36.5 Å². The third-order valence-corrected chi connectivity index (χ3v) is 5.39. The molecule has 8 heteroatoms. The number of aromatic nitrogens is 4. The molecule has 4 aromatic rings. The molecule has 0 bridgehead atoms. The molecule has 2 atom stereocenters. The Hall–Kier alpha value is -3.36. The number of hydrogen-bond acceptors (Lipinski definition) is 6. The van der Waals surface area contributed by atoms with Gasteiger partial charge in [0, 0.05) is 18.3 Å². The van der Waals surface area contributed by atoms with Gasteiger partial charge in [0.2, 0.25) is 5.95 Å². The first-order valence-corrected chi connectivity index (χ1v) is 11.0. The molecule has 0 radical (unpaired) electrons. The van der Waals surface area contributed by atoms with Crippen molar-refractivity contribution in [1.29, 1.82) is 0 Å². The third-order valence-electron chi connectivity index (χ3n) is 5.39. The lowest BCUT2D eigenvalue weighted by atomic mass is 10.0. The van der Waals surface area contributed by atoms with Crippen molar-refractivity contribution in [2.75, 3.05) is 11.9 Å². The number of nitrogens with zero attached hydrogens (tertiary/aromatic N) is 4. The molecule has 0 aliphatic heterocycles. The number of imidazole rings is 1. The van der Waals surface area contributed by atoms with E-state index in [1.54, 1.807) is 30.6 Å². The molecule has 33 heavy (non-hydrogen) atoms. The normalized spacial score (nSPS) is 13.8. The highest BCUT2D eigenvalue weighted by Gasteiger charge is 2.15. The fourth-order valence-electron chi connectivity index (χ4n) is 3.55. The van der Waals surface area contributed by atoms with Crippen molar-refractivity contribution < 1.29 is 9.50 Å². The Morgan fingerprint density at radius 1 is 1.03 bits per heavy atom. The molecule has 7 nitrogen and oxygen atoms in total. The smallest absolute Gasteiger partial charge is 0.223 e. The van der Waals surface area contributed by atoms with Gasteiger partial charge in [-0.05, 0) is 57.0 Å². The predicted octanol–water partition coefficient (Wildman–Crippen LogP) is 4.53.